The van der Waals surface area contributed by atoms with E-state index in [1.807, 2.05) is 0 Å². The van der Waals surface area contributed by atoms with Crippen LogP contribution in [0.1, 0.15) is 12.5 Å². The lowest BCUT2D eigenvalue weighted by atomic mass is 10.3. The summed E-state index contributed by atoms with van der Waals surface area (Å²) in [5.74, 6) is -0.00444. The van der Waals surface area contributed by atoms with E-state index in [4.69, 9.17) is 16.9 Å². The van der Waals surface area contributed by atoms with E-state index in [9.17, 15) is 8.42 Å². The molecule has 0 aliphatic heterocycles. The van der Waals surface area contributed by atoms with E-state index in [2.05, 4.69) is 4.98 Å². The Kier molecular flexibility index (Phi) is 3.66. The van der Waals surface area contributed by atoms with E-state index in [0.29, 0.717) is 0 Å². The van der Waals surface area contributed by atoms with Crippen LogP contribution in [0.3, 0.4) is 0 Å². The Labute approximate surface area is 93.4 Å². The molecule has 0 radical (unpaired) electrons. The average molecular weight is 245 g/mol. The predicted molar refractivity (Wildman–Crippen MR) is 56.3 cm³/mol. The number of pyridine rings is 1. The molecular weight excluding hydrogens is 236 g/mol. The summed E-state index contributed by atoms with van der Waals surface area (Å²) in [4.78, 5) is 3.69. The van der Waals surface area contributed by atoms with Gasteiger partial charge in [-0.1, -0.05) is 0 Å². The monoisotopic (exact) mass is 244 g/mol. The Morgan fingerprint density at radius 1 is 1.67 bits per heavy atom. The molecule has 80 valence electrons. The molecule has 1 unspecified atom stereocenters. The fourth-order valence-corrected chi connectivity index (χ4v) is 2.77. The molecule has 0 aliphatic rings. The summed E-state index contributed by atoms with van der Waals surface area (Å²) in [7, 11) is -3.53. The Morgan fingerprint density at radius 2 is 2.33 bits per heavy atom. The second-order valence-corrected chi connectivity index (χ2v) is 5.64. The van der Waals surface area contributed by atoms with Gasteiger partial charge in [-0.05, 0) is 13.0 Å². The molecule has 1 atom stereocenters. The molecule has 0 aromatic carbocycles. The van der Waals surface area contributed by atoms with Crippen LogP contribution in [0.25, 0.3) is 0 Å². The molecule has 0 amide bonds. The molecule has 0 spiro atoms. The van der Waals surface area contributed by atoms with Crippen LogP contribution in [0.4, 0.5) is 0 Å². The highest BCUT2D eigenvalue weighted by molar-refractivity contribution is 7.92. The first-order valence-corrected chi connectivity index (χ1v) is 6.26. The molecule has 1 heterocycles. The number of rotatable bonds is 3. The third kappa shape index (κ3) is 2.28. The summed E-state index contributed by atoms with van der Waals surface area (Å²) in [5.41, 5.74) is 0.0504. The van der Waals surface area contributed by atoms with E-state index >= 15 is 0 Å². The maximum absolute atomic E-state index is 11.9. The van der Waals surface area contributed by atoms with Crippen LogP contribution < -0.4 is 0 Å². The van der Waals surface area contributed by atoms with Crippen LogP contribution in [-0.4, -0.2) is 24.5 Å². The summed E-state index contributed by atoms with van der Waals surface area (Å²) in [6, 6.07) is 3.11. The van der Waals surface area contributed by atoms with Crippen LogP contribution in [0.15, 0.2) is 23.4 Å². The van der Waals surface area contributed by atoms with Crippen molar-refractivity contribution in [2.24, 2.45) is 0 Å². The third-order valence-electron chi connectivity index (χ3n) is 1.96. The van der Waals surface area contributed by atoms with Crippen LogP contribution in [0.2, 0.25) is 0 Å². The number of hydrogen-bond donors (Lipinski definition) is 0. The lowest BCUT2D eigenvalue weighted by Gasteiger charge is -2.10. The van der Waals surface area contributed by atoms with Crippen molar-refractivity contribution >= 4 is 21.4 Å². The molecule has 15 heavy (non-hydrogen) atoms. The highest BCUT2D eigenvalue weighted by Crippen LogP contribution is 2.19. The second kappa shape index (κ2) is 4.60. The smallest absolute Gasteiger partial charge is 0.183 e. The van der Waals surface area contributed by atoms with Crippen molar-refractivity contribution in [3.8, 4) is 6.07 Å². The lowest BCUT2D eigenvalue weighted by molar-refractivity contribution is 0.587. The largest absolute Gasteiger partial charge is 0.263 e. The summed E-state index contributed by atoms with van der Waals surface area (Å²) in [6.45, 7) is 1.50. The number of halogens is 1. The molecule has 0 aliphatic carbocycles. The number of nitrogens with zero attached hydrogens (tertiary/aromatic N) is 2. The summed E-state index contributed by atoms with van der Waals surface area (Å²) < 4.78 is 23.8. The first-order chi connectivity index (χ1) is 7.04. The van der Waals surface area contributed by atoms with Crippen molar-refractivity contribution in [1.82, 2.24) is 4.98 Å². The first-order valence-electron chi connectivity index (χ1n) is 4.18. The Balaban J connectivity index is 3.35. The molecule has 0 saturated heterocycles. The number of aromatic nitrogens is 1. The van der Waals surface area contributed by atoms with E-state index < -0.39 is 15.1 Å². The topological polar surface area (TPSA) is 70.8 Å². The van der Waals surface area contributed by atoms with Crippen molar-refractivity contribution < 1.29 is 8.42 Å². The van der Waals surface area contributed by atoms with Gasteiger partial charge in [0.05, 0.1) is 15.7 Å². The van der Waals surface area contributed by atoms with Crippen molar-refractivity contribution in [2.75, 3.05) is 5.88 Å². The van der Waals surface area contributed by atoms with Gasteiger partial charge in [0.25, 0.3) is 0 Å². The van der Waals surface area contributed by atoms with Crippen LogP contribution in [-0.2, 0) is 9.84 Å². The van der Waals surface area contributed by atoms with Crippen molar-refractivity contribution in [2.45, 2.75) is 17.1 Å². The Hall–Kier alpha value is -1.12. The Bertz CT molecular complexity index is 493. The van der Waals surface area contributed by atoms with Gasteiger partial charge in [0.15, 0.2) is 9.84 Å². The highest BCUT2D eigenvalue weighted by Gasteiger charge is 2.25. The number of sulfone groups is 1. The molecule has 0 N–H and O–H groups in total. The van der Waals surface area contributed by atoms with Gasteiger partial charge in [-0.25, -0.2) is 8.42 Å². The van der Waals surface area contributed by atoms with Gasteiger partial charge in [0.2, 0.25) is 0 Å². The van der Waals surface area contributed by atoms with E-state index in [0.717, 1.165) is 0 Å². The lowest BCUT2D eigenvalue weighted by Crippen LogP contribution is -2.20. The number of hydrogen-bond acceptors (Lipinski definition) is 4. The molecule has 0 bridgehead atoms. The van der Waals surface area contributed by atoms with Crippen molar-refractivity contribution in [3.05, 3.63) is 24.0 Å². The van der Waals surface area contributed by atoms with E-state index in [1.54, 1.807) is 6.07 Å². The minimum Gasteiger partial charge on any atom is -0.263 e. The number of nitriles is 1. The molecule has 4 nitrogen and oxygen atoms in total. The normalized spacial score (nSPS) is 13.1. The van der Waals surface area contributed by atoms with E-state index in [1.165, 1.54) is 25.4 Å². The van der Waals surface area contributed by atoms with Gasteiger partial charge in [0.1, 0.15) is 6.07 Å². The minimum atomic E-state index is -3.53. The maximum atomic E-state index is 11.9. The molecule has 1 aromatic rings. The Morgan fingerprint density at radius 3 is 2.87 bits per heavy atom. The average Bonchev–Trinajstić information content (AvgIpc) is 2.27. The molecule has 1 aromatic heterocycles. The summed E-state index contributed by atoms with van der Waals surface area (Å²) >= 11 is 5.50. The van der Waals surface area contributed by atoms with Crippen LogP contribution in [0.5, 0.6) is 0 Å². The fourth-order valence-electron chi connectivity index (χ4n) is 1.01. The van der Waals surface area contributed by atoms with Gasteiger partial charge in [-0.2, -0.15) is 5.26 Å². The number of alkyl halides is 1. The highest BCUT2D eigenvalue weighted by atomic mass is 35.5. The standard InChI is InChI=1S/C9H9ClN2O2S/c1-7(4-10)15(13,14)9-2-3-12-6-8(9)5-11/h2-3,6-7H,4H2,1H3. The van der Waals surface area contributed by atoms with Gasteiger partial charge >= 0.3 is 0 Å². The SMILES string of the molecule is CC(CCl)S(=O)(=O)c1ccncc1C#N. The minimum absolute atomic E-state index is 0.00444. The van der Waals surface area contributed by atoms with Gasteiger partial charge in [-0.15, -0.1) is 11.6 Å². The quantitative estimate of drug-likeness (QED) is 0.753. The van der Waals surface area contributed by atoms with Gasteiger partial charge in [-0.3, -0.25) is 4.98 Å². The molecule has 0 saturated carbocycles. The molecule has 1 rings (SSSR count). The maximum Gasteiger partial charge on any atom is 0.183 e. The fraction of sp³-hybridized carbons (Fsp3) is 0.333. The second-order valence-electron chi connectivity index (χ2n) is 2.99. The van der Waals surface area contributed by atoms with E-state index in [-0.39, 0.29) is 16.3 Å². The zero-order chi connectivity index (χ0) is 11.5. The first kappa shape index (κ1) is 12.0. The molecular formula is C9H9ClN2O2S. The van der Waals surface area contributed by atoms with Crippen LogP contribution in [0, 0.1) is 11.3 Å². The third-order valence-corrected chi connectivity index (χ3v) is 4.80. The van der Waals surface area contributed by atoms with Gasteiger partial charge < -0.3 is 0 Å². The molecule has 6 heteroatoms. The van der Waals surface area contributed by atoms with Crippen LogP contribution >= 0.6 is 11.6 Å². The van der Waals surface area contributed by atoms with Crippen molar-refractivity contribution in [3.63, 3.8) is 0 Å². The zero-order valence-electron chi connectivity index (χ0n) is 8.01. The van der Waals surface area contributed by atoms with Crippen molar-refractivity contribution in [1.29, 1.82) is 5.26 Å². The zero-order valence-corrected chi connectivity index (χ0v) is 9.59. The molecule has 0 fully saturated rings. The summed E-state index contributed by atoms with van der Waals surface area (Å²) in [6.07, 6.45) is 2.57. The van der Waals surface area contributed by atoms with Gasteiger partial charge in [0, 0.05) is 18.3 Å². The summed E-state index contributed by atoms with van der Waals surface area (Å²) in [5, 5.41) is 8.03. The predicted octanol–water partition coefficient (Wildman–Crippen LogP) is 1.35.